The van der Waals surface area contributed by atoms with Crippen molar-refractivity contribution in [3.05, 3.63) is 24.3 Å². The molecule has 5 heteroatoms. The summed E-state index contributed by atoms with van der Waals surface area (Å²) in [5.74, 6) is 0.623. The molecule has 1 fully saturated rings. The quantitative estimate of drug-likeness (QED) is 0.906. The van der Waals surface area contributed by atoms with E-state index in [-0.39, 0.29) is 17.9 Å². The Morgan fingerprint density at radius 3 is 2.75 bits per heavy atom. The van der Waals surface area contributed by atoms with Crippen molar-refractivity contribution in [1.29, 1.82) is 0 Å². The van der Waals surface area contributed by atoms with E-state index in [9.17, 15) is 8.42 Å². The number of benzene rings is 1. The van der Waals surface area contributed by atoms with Gasteiger partial charge in [0, 0.05) is 6.04 Å². The monoisotopic (exact) mass is 297 g/mol. The van der Waals surface area contributed by atoms with Crippen molar-refractivity contribution >= 4 is 9.84 Å². The third kappa shape index (κ3) is 3.73. The Labute approximate surface area is 121 Å². The lowest BCUT2D eigenvalue weighted by Gasteiger charge is -2.28. The zero-order valence-corrected chi connectivity index (χ0v) is 12.7. The fraction of sp³-hybridized carbons (Fsp3) is 0.600. The fourth-order valence-corrected chi connectivity index (χ4v) is 4.12. The molecule has 2 N–H and O–H groups in total. The van der Waals surface area contributed by atoms with Crippen molar-refractivity contribution in [2.75, 3.05) is 5.75 Å². The number of ether oxygens (including phenoxy) is 1. The smallest absolute Gasteiger partial charge is 0.182 e. The van der Waals surface area contributed by atoms with Gasteiger partial charge in [0.25, 0.3) is 0 Å². The fourth-order valence-electron chi connectivity index (χ4n) is 2.65. The summed E-state index contributed by atoms with van der Waals surface area (Å²) in [4.78, 5) is 0.306. The number of nitrogens with two attached hydrogens (primary N) is 1. The van der Waals surface area contributed by atoms with Crippen LogP contribution >= 0.6 is 0 Å². The average Bonchev–Trinajstić information content (AvgIpc) is 2.39. The van der Waals surface area contributed by atoms with Gasteiger partial charge in [-0.05, 0) is 44.2 Å². The SMILES string of the molecule is CCCS(=O)(=O)c1ccccc1OC1CCCC(N)C1. The summed E-state index contributed by atoms with van der Waals surface area (Å²) in [6.07, 6.45) is 4.42. The van der Waals surface area contributed by atoms with Crippen LogP contribution in [-0.2, 0) is 9.84 Å². The molecule has 2 rings (SSSR count). The molecule has 0 amide bonds. The first-order valence-electron chi connectivity index (χ1n) is 7.27. The van der Waals surface area contributed by atoms with Crippen LogP contribution in [0.1, 0.15) is 39.0 Å². The first kappa shape index (κ1) is 15.3. The van der Waals surface area contributed by atoms with E-state index in [4.69, 9.17) is 10.5 Å². The highest BCUT2D eigenvalue weighted by molar-refractivity contribution is 7.91. The van der Waals surface area contributed by atoms with Gasteiger partial charge in [0.15, 0.2) is 9.84 Å². The Morgan fingerprint density at radius 1 is 1.30 bits per heavy atom. The van der Waals surface area contributed by atoms with Crippen LogP contribution in [0.3, 0.4) is 0 Å². The lowest BCUT2D eigenvalue weighted by atomic mass is 9.93. The molecule has 1 saturated carbocycles. The zero-order chi connectivity index (χ0) is 14.6. The molecule has 2 atom stereocenters. The van der Waals surface area contributed by atoms with Crippen LogP contribution in [-0.4, -0.2) is 26.3 Å². The molecular formula is C15H23NO3S. The molecule has 0 bridgehead atoms. The van der Waals surface area contributed by atoms with Gasteiger partial charge < -0.3 is 10.5 Å². The molecule has 2 unspecified atom stereocenters. The summed E-state index contributed by atoms with van der Waals surface area (Å²) in [5, 5.41) is 0. The molecule has 0 spiro atoms. The largest absolute Gasteiger partial charge is 0.489 e. The van der Waals surface area contributed by atoms with Gasteiger partial charge in [0.1, 0.15) is 16.7 Å². The summed E-state index contributed by atoms with van der Waals surface area (Å²) in [6, 6.07) is 7.07. The molecule has 1 aromatic carbocycles. The van der Waals surface area contributed by atoms with Gasteiger partial charge in [0.05, 0.1) is 5.75 Å². The van der Waals surface area contributed by atoms with Gasteiger partial charge in [0.2, 0.25) is 0 Å². The second-order valence-electron chi connectivity index (χ2n) is 5.43. The van der Waals surface area contributed by atoms with Crippen molar-refractivity contribution in [2.45, 2.75) is 56.1 Å². The molecule has 0 radical (unpaired) electrons. The van der Waals surface area contributed by atoms with E-state index in [1.54, 1.807) is 18.2 Å². The van der Waals surface area contributed by atoms with Crippen molar-refractivity contribution in [2.24, 2.45) is 5.73 Å². The summed E-state index contributed by atoms with van der Waals surface area (Å²) in [5.41, 5.74) is 5.95. The van der Waals surface area contributed by atoms with Crippen LogP contribution in [0.15, 0.2) is 29.2 Å². The second kappa shape index (κ2) is 6.59. The summed E-state index contributed by atoms with van der Waals surface area (Å²) in [6.45, 7) is 1.86. The first-order chi connectivity index (χ1) is 9.53. The van der Waals surface area contributed by atoms with Gasteiger partial charge in [-0.1, -0.05) is 19.1 Å². The number of hydrogen-bond donors (Lipinski definition) is 1. The molecule has 4 nitrogen and oxygen atoms in total. The van der Waals surface area contributed by atoms with Gasteiger partial charge in [-0.2, -0.15) is 0 Å². The van der Waals surface area contributed by atoms with Crippen molar-refractivity contribution < 1.29 is 13.2 Å². The Kier molecular flexibility index (Phi) is 5.05. The molecule has 1 aromatic rings. The van der Waals surface area contributed by atoms with Gasteiger partial charge in [-0.25, -0.2) is 8.42 Å². The maximum Gasteiger partial charge on any atom is 0.182 e. The van der Waals surface area contributed by atoms with E-state index in [2.05, 4.69) is 0 Å². The van der Waals surface area contributed by atoms with Crippen LogP contribution in [0.5, 0.6) is 5.75 Å². The van der Waals surface area contributed by atoms with E-state index >= 15 is 0 Å². The molecule has 0 heterocycles. The highest BCUT2D eigenvalue weighted by Crippen LogP contribution is 2.29. The average molecular weight is 297 g/mol. The van der Waals surface area contributed by atoms with Crippen molar-refractivity contribution in [1.82, 2.24) is 0 Å². The number of para-hydroxylation sites is 1. The van der Waals surface area contributed by atoms with Crippen LogP contribution < -0.4 is 10.5 Å². The Morgan fingerprint density at radius 2 is 2.05 bits per heavy atom. The topological polar surface area (TPSA) is 69.4 Å². The van der Waals surface area contributed by atoms with E-state index in [1.165, 1.54) is 0 Å². The molecule has 20 heavy (non-hydrogen) atoms. The highest BCUT2D eigenvalue weighted by atomic mass is 32.2. The summed E-state index contributed by atoms with van der Waals surface area (Å²) >= 11 is 0. The van der Waals surface area contributed by atoms with E-state index < -0.39 is 9.84 Å². The van der Waals surface area contributed by atoms with Crippen LogP contribution in [0.4, 0.5) is 0 Å². The first-order valence-corrected chi connectivity index (χ1v) is 8.92. The molecular weight excluding hydrogens is 274 g/mol. The molecule has 112 valence electrons. The maximum absolute atomic E-state index is 12.3. The van der Waals surface area contributed by atoms with E-state index in [0.29, 0.717) is 17.1 Å². The third-order valence-electron chi connectivity index (χ3n) is 3.62. The van der Waals surface area contributed by atoms with Crippen molar-refractivity contribution in [3.8, 4) is 5.75 Å². The predicted octanol–water partition coefficient (Wildman–Crippen LogP) is 2.52. The lowest BCUT2D eigenvalue weighted by molar-refractivity contribution is 0.141. The standard InChI is InChI=1S/C15H23NO3S/c1-2-10-20(17,18)15-9-4-3-8-14(15)19-13-7-5-6-12(16)11-13/h3-4,8-9,12-13H,2,5-7,10-11,16H2,1H3. The van der Waals surface area contributed by atoms with E-state index in [1.807, 2.05) is 13.0 Å². The molecule has 0 saturated heterocycles. The minimum atomic E-state index is -3.26. The second-order valence-corrected chi connectivity index (χ2v) is 7.51. The molecule has 0 aliphatic heterocycles. The number of rotatable bonds is 5. The Balaban J connectivity index is 2.20. The van der Waals surface area contributed by atoms with Crippen LogP contribution in [0.2, 0.25) is 0 Å². The normalized spacial score (nSPS) is 23.5. The third-order valence-corrected chi connectivity index (χ3v) is 5.57. The van der Waals surface area contributed by atoms with Crippen molar-refractivity contribution in [3.63, 3.8) is 0 Å². The number of hydrogen-bond acceptors (Lipinski definition) is 4. The zero-order valence-electron chi connectivity index (χ0n) is 11.9. The highest BCUT2D eigenvalue weighted by Gasteiger charge is 2.24. The molecule has 1 aliphatic rings. The van der Waals surface area contributed by atoms with Crippen LogP contribution in [0.25, 0.3) is 0 Å². The van der Waals surface area contributed by atoms with Crippen LogP contribution in [0, 0.1) is 0 Å². The predicted molar refractivity (Wildman–Crippen MR) is 79.6 cm³/mol. The minimum absolute atomic E-state index is 0.0247. The molecule has 1 aliphatic carbocycles. The van der Waals surface area contributed by atoms with Gasteiger partial charge >= 0.3 is 0 Å². The summed E-state index contributed by atoms with van der Waals surface area (Å²) < 4.78 is 30.4. The Bertz CT molecular complexity index is 542. The Hall–Kier alpha value is -1.07. The van der Waals surface area contributed by atoms with Gasteiger partial charge in [-0.3, -0.25) is 0 Å². The number of sulfone groups is 1. The summed E-state index contributed by atoms with van der Waals surface area (Å²) in [7, 11) is -3.26. The lowest BCUT2D eigenvalue weighted by Crippen LogP contribution is -2.34. The van der Waals surface area contributed by atoms with Gasteiger partial charge in [-0.15, -0.1) is 0 Å². The minimum Gasteiger partial charge on any atom is -0.489 e. The molecule has 0 aromatic heterocycles. The maximum atomic E-state index is 12.3. The van der Waals surface area contributed by atoms with E-state index in [0.717, 1.165) is 25.7 Å².